The molecule has 0 heterocycles. The Morgan fingerprint density at radius 3 is 2.36 bits per heavy atom. The monoisotopic (exact) mass is 197 g/mol. The van der Waals surface area contributed by atoms with Crippen LogP contribution in [-0.2, 0) is 0 Å². The molecule has 1 spiro atoms. The lowest BCUT2D eigenvalue weighted by Gasteiger charge is -2.38. The first-order chi connectivity index (χ1) is 6.49. The van der Waals surface area contributed by atoms with E-state index in [0.717, 1.165) is 6.42 Å². The molecule has 2 nitrogen and oxygen atoms in total. The fourth-order valence-electron chi connectivity index (χ4n) is 3.78. The van der Waals surface area contributed by atoms with Gasteiger partial charge >= 0.3 is 0 Å². The summed E-state index contributed by atoms with van der Waals surface area (Å²) in [6.45, 7) is 5.66. The van der Waals surface area contributed by atoms with Gasteiger partial charge in [0.25, 0.3) is 0 Å². The van der Waals surface area contributed by atoms with Gasteiger partial charge in [0.2, 0.25) is 0 Å². The molecule has 82 valence electrons. The molecule has 2 atom stereocenters. The Morgan fingerprint density at radius 2 is 1.93 bits per heavy atom. The van der Waals surface area contributed by atoms with E-state index in [1.807, 2.05) is 0 Å². The van der Waals surface area contributed by atoms with E-state index >= 15 is 0 Å². The molecule has 2 fully saturated rings. The van der Waals surface area contributed by atoms with E-state index in [-0.39, 0.29) is 5.41 Å². The maximum absolute atomic E-state index is 9.46. The maximum atomic E-state index is 9.46. The molecule has 0 aromatic carbocycles. The van der Waals surface area contributed by atoms with Crippen molar-refractivity contribution in [2.75, 3.05) is 13.2 Å². The summed E-state index contributed by atoms with van der Waals surface area (Å²) in [5.41, 5.74) is 6.77. The molecule has 0 amide bonds. The van der Waals surface area contributed by atoms with Gasteiger partial charge in [-0.1, -0.05) is 20.3 Å². The Kier molecular flexibility index (Phi) is 2.20. The maximum Gasteiger partial charge on any atom is 0.0505 e. The van der Waals surface area contributed by atoms with Gasteiger partial charge < -0.3 is 10.8 Å². The molecule has 0 aliphatic heterocycles. The predicted octanol–water partition coefficient (Wildman–Crippen LogP) is 1.91. The summed E-state index contributed by atoms with van der Waals surface area (Å²) in [7, 11) is 0. The van der Waals surface area contributed by atoms with E-state index in [1.165, 1.54) is 25.7 Å². The van der Waals surface area contributed by atoms with Crippen LogP contribution in [0.4, 0.5) is 0 Å². The largest absolute Gasteiger partial charge is 0.396 e. The molecule has 2 aliphatic rings. The SMILES string of the molecule is CC1(C)CCCC2(C1)CC2(CN)CO. The Morgan fingerprint density at radius 1 is 1.21 bits per heavy atom. The Balaban J connectivity index is 2.13. The van der Waals surface area contributed by atoms with Crippen molar-refractivity contribution in [1.29, 1.82) is 0 Å². The summed E-state index contributed by atoms with van der Waals surface area (Å²) >= 11 is 0. The molecule has 0 aromatic heterocycles. The molecule has 2 heteroatoms. The van der Waals surface area contributed by atoms with Crippen LogP contribution in [0.1, 0.15) is 46.0 Å². The number of hydrogen-bond donors (Lipinski definition) is 2. The first-order valence-electron chi connectivity index (χ1n) is 5.80. The van der Waals surface area contributed by atoms with Gasteiger partial charge in [0.05, 0.1) is 6.61 Å². The lowest BCUT2D eigenvalue weighted by molar-refractivity contribution is 0.0968. The van der Waals surface area contributed by atoms with Gasteiger partial charge in [-0.25, -0.2) is 0 Å². The minimum absolute atomic E-state index is 0.0880. The van der Waals surface area contributed by atoms with Gasteiger partial charge in [-0.05, 0) is 36.5 Å². The van der Waals surface area contributed by atoms with E-state index in [4.69, 9.17) is 5.73 Å². The average molecular weight is 197 g/mol. The van der Waals surface area contributed by atoms with Crippen molar-refractivity contribution in [3.8, 4) is 0 Å². The molecule has 2 unspecified atom stereocenters. The topological polar surface area (TPSA) is 46.2 Å². The molecule has 3 N–H and O–H groups in total. The summed E-state index contributed by atoms with van der Waals surface area (Å²) in [5.74, 6) is 0. The zero-order valence-corrected chi connectivity index (χ0v) is 9.47. The third kappa shape index (κ3) is 1.31. The first-order valence-corrected chi connectivity index (χ1v) is 5.80. The van der Waals surface area contributed by atoms with E-state index in [2.05, 4.69) is 13.8 Å². The molecule has 0 bridgehead atoms. The van der Waals surface area contributed by atoms with Crippen LogP contribution in [-0.4, -0.2) is 18.3 Å². The highest BCUT2D eigenvalue weighted by Crippen LogP contribution is 2.72. The van der Waals surface area contributed by atoms with E-state index in [9.17, 15) is 5.11 Å². The number of rotatable bonds is 2. The van der Waals surface area contributed by atoms with Crippen molar-refractivity contribution < 1.29 is 5.11 Å². The quantitative estimate of drug-likeness (QED) is 0.710. The van der Waals surface area contributed by atoms with Crippen LogP contribution in [0, 0.1) is 16.2 Å². The number of hydrogen-bond acceptors (Lipinski definition) is 2. The van der Waals surface area contributed by atoms with Crippen LogP contribution in [0.2, 0.25) is 0 Å². The minimum atomic E-state index is 0.0880. The van der Waals surface area contributed by atoms with E-state index in [0.29, 0.717) is 24.0 Å². The summed E-state index contributed by atoms with van der Waals surface area (Å²) in [6.07, 6.45) is 6.36. The van der Waals surface area contributed by atoms with Gasteiger partial charge in [0, 0.05) is 12.0 Å². The highest BCUT2D eigenvalue weighted by Gasteiger charge is 2.67. The molecular formula is C12H23NO. The van der Waals surface area contributed by atoms with Crippen molar-refractivity contribution in [3.63, 3.8) is 0 Å². The molecule has 2 aliphatic carbocycles. The molecule has 0 aromatic rings. The third-order valence-electron chi connectivity index (χ3n) is 4.70. The van der Waals surface area contributed by atoms with Crippen molar-refractivity contribution in [2.45, 2.75) is 46.0 Å². The normalized spacial score (nSPS) is 45.4. The van der Waals surface area contributed by atoms with Crippen LogP contribution in [0.5, 0.6) is 0 Å². The second-order valence-corrected chi connectivity index (χ2v) is 6.29. The predicted molar refractivity (Wildman–Crippen MR) is 57.9 cm³/mol. The zero-order chi connectivity index (χ0) is 10.4. The van der Waals surface area contributed by atoms with Crippen molar-refractivity contribution >= 4 is 0 Å². The Labute approximate surface area is 86.9 Å². The van der Waals surface area contributed by atoms with Gasteiger partial charge in [0.1, 0.15) is 0 Å². The average Bonchev–Trinajstić information content (AvgIpc) is 2.71. The molecular weight excluding hydrogens is 174 g/mol. The third-order valence-corrected chi connectivity index (χ3v) is 4.70. The second-order valence-electron chi connectivity index (χ2n) is 6.29. The summed E-state index contributed by atoms with van der Waals surface area (Å²) in [6, 6.07) is 0. The molecule has 2 saturated carbocycles. The van der Waals surface area contributed by atoms with E-state index < -0.39 is 0 Å². The zero-order valence-electron chi connectivity index (χ0n) is 9.47. The summed E-state index contributed by atoms with van der Waals surface area (Å²) in [4.78, 5) is 0. The van der Waals surface area contributed by atoms with Gasteiger partial charge in [-0.15, -0.1) is 0 Å². The Hall–Kier alpha value is -0.0800. The van der Waals surface area contributed by atoms with Gasteiger partial charge in [0.15, 0.2) is 0 Å². The summed E-state index contributed by atoms with van der Waals surface area (Å²) < 4.78 is 0. The van der Waals surface area contributed by atoms with Crippen LogP contribution in [0.3, 0.4) is 0 Å². The lowest BCUT2D eigenvalue weighted by Crippen LogP contribution is -2.33. The number of aliphatic hydroxyl groups excluding tert-OH is 1. The molecule has 14 heavy (non-hydrogen) atoms. The van der Waals surface area contributed by atoms with Crippen molar-refractivity contribution in [1.82, 2.24) is 0 Å². The number of aliphatic hydroxyl groups is 1. The number of nitrogens with two attached hydrogens (primary N) is 1. The minimum Gasteiger partial charge on any atom is -0.396 e. The van der Waals surface area contributed by atoms with Crippen LogP contribution >= 0.6 is 0 Å². The van der Waals surface area contributed by atoms with Crippen LogP contribution in [0.15, 0.2) is 0 Å². The second kappa shape index (κ2) is 2.96. The molecule has 2 rings (SSSR count). The smallest absolute Gasteiger partial charge is 0.0505 e. The van der Waals surface area contributed by atoms with Crippen LogP contribution < -0.4 is 5.73 Å². The van der Waals surface area contributed by atoms with Gasteiger partial charge in [-0.3, -0.25) is 0 Å². The van der Waals surface area contributed by atoms with Crippen LogP contribution in [0.25, 0.3) is 0 Å². The van der Waals surface area contributed by atoms with Crippen molar-refractivity contribution in [2.24, 2.45) is 22.0 Å². The van der Waals surface area contributed by atoms with E-state index in [1.54, 1.807) is 0 Å². The lowest BCUT2D eigenvalue weighted by atomic mass is 9.67. The molecule has 0 saturated heterocycles. The first kappa shape index (κ1) is 10.4. The Bertz CT molecular complexity index is 232. The highest BCUT2D eigenvalue weighted by atomic mass is 16.3. The molecule has 0 radical (unpaired) electrons. The fourth-order valence-corrected chi connectivity index (χ4v) is 3.78. The standard InChI is InChI=1S/C12H23NO/c1-10(2)4-3-5-11(6-10)7-12(11,8-13)9-14/h14H,3-9,13H2,1-2H3. The highest BCUT2D eigenvalue weighted by molar-refractivity contribution is 5.17. The summed E-state index contributed by atoms with van der Waals surface area (Å²) in [5, 5.41) is 9.46. The van der Waals surface area contributed by atoms with Crippen molar-refractivity contribution in [3.05, 3.63) is 0 Å². The fraction of sp³-hybridized carbons (Fsp3) is 1.00. The van der Waals surface area contributed by atoms with Gasteiger partial charge in [-0.2, -0.15) is 0 Å².